The van der Waals surface area contributed by atoms with Crippen LogP contribution < -0.4 is 5.32 Å². The number of nitrogens with zero attached hydrogens (tertiary/aromatic N) is 4. The number of halogens is 1. The molecule has 1 unspecified atom stereocenters. The highest BCUT2D eigenvalue weighted by molar-refractivity contribution is 14.0. The highest BCUT2D eigenvalue weighted by atomic mass is 127. The van der Waals surface area contributed by atoms with E-state index < -0.39 is 0 Å². The van der Waals surface area contributed by atoms with Crippen molar-refractivity contribution in [3.63, 3.8) is 0 Å². The van der Waals surface area contributed by atoms with E-state index in [9.17, 15) is 0 Å². The Kier molecular flexibility index (Phi) is 8.35. The Morgan fingerprint density at radius 1 is 1.13 bits per heavy atom. The lowest BCUT2D eigenvalue weighted by Gasteiger charge is -2.37. The zero-order valence-electron chi connectivity index (χ0n) is 14.4. The Morgan fingerprint density at radius 2 is 1.91 bits per heavy atom. The van der Waals surface area contributed by atoms with E-state index >= 15 is 0 Å². The fraction of sp³-hybridized carbons (Fsp3) is 0.938. The normalized spacial score (nSPS) is 26.7. The second kappa shape index (κ2) is 10.0. The fourth-order valence-corrected chi connectivity index (χ4v) is 3.50. The lowest BCUT2D eigenvalue weighted by Crippen LogP contribution is -2.54. The molecule has 0 spiro atoms. The molecule has 3 aliphatic rings. The summed E-state index contributed by atoms with van der Waals surface area (Å²) in [5.74, 6) is 1.82. The van der Waals surface area contributed by atoms with Crippen molar-refractivity contribution in [3.8, 4) is 0 Å². The van der Waals surface area contributed by atoms with Crippen molar-refractivity contribution in [1.82, 2.24) is 20.0 Å². The van der Waals surface area contributed by atoms with Crippen molar-refractivity contribution >= 4 is 29.9 Å². The summed E-state index contributed by atoms with van der Waals surface area (Å²) < 4.78 is 5.48. The van der Waals surface area contributed by atoms with Crippen LogP contribution in [0.25, 0.3) is 0 Å². The average molecular weight is 437 g/mol. The van der Waals surface area contributed by atoms with Gasteiger partial charge >= 0.3 is 0 Å². The third kappa shape index (κ3) is 5.72. The van der Waals surface area contributed by atoms with Crippen LogP contribution in [0.4, 0.5) is 0 Å². The Hall–Kier alpha value is -0.120. The molecule has 0 aromatic heterocycles. The van der Waals surface area contributed by atoms with Gasteiger partial charge in [0.05, 0.1) is 6.61 Å². The maximum atomic E-state index is 5.48. The zero-order valence-corrected chi connectivity index (χ0v) is 16.7. The molecule has 0 aromatic rings. The highest BCUT2D eigenvalue weighted by Crippen LogP contribution is 2.15. The van der Waals surface area contributed by atoms with E-state index in [2.05, 4.69) is 25.0 Å². The van der Waals surface area contributed by atoms with E-state index in [1.165, 1.54) is 32.5 Å². The molecule has 6 nitrogen and oxygen atoms in total. The number of piperazine rings is 1. The molecule has 0 radical (unpaired) electrons. The number of guanidine groups is 1. The quantitative estimate of drug-likeness (QED) is 0.387. The topological polar surface area (TPSA) is 43.3 Å². The van der Waals surface area contributed by atoms with Gasteiger partial charge in [0.1, 0.15) is 0 Å². The summed E-state index contributed by atoms with van der Waals surface area (Å²) >= 11 is 0. The maximum absolute atomic E-state index is 5.48. The van der Waals surface area contributed by atoms with Gasteiger partial charge in [0.2, 0.25) is 0 Å². The van der Waals surface area contributed by atoms with Crippen molar-refractivity contribution in [3.05, 3.63) is 0 Å². The molecule has 0 aromatic carbocycles. The molecule has 3 aliphatic heterocycles. The summed E-state index contributed by atoms with van der Waals surface area (Å²) in [4.78, 5) is 11.9. The average Bonchev–Trinajstić information content (AvgIpc) is 3.00. The molecule has 3 saturated heterocycles. The van der Waals surface area contributed by atoms with E-state index in [0.717, 1.165) is 64.4 Å². The molecule has 0 bridgehead atoms. The van der Waals surface area contributed by atoms with Crippen molar-refractivity contribution in [1.29, 1.82) is 0 Å². The maximum Gasteiger partial charge on any atom is 0.193 e. The molecular formula is C16H32IN5O. The molecule has 0 aliphatic carbocycles. The fourth-order valence-electron chi connectivity index (χ4n) is 3.50. The largest absolute Gasteiger partial charge is 0.381 e. The minimum absolute atomic E-state index is 0. The van der Waals surface area contributed by atoms with Crippen molar-refractivity contribution in [2.75, 3.05) is 79.2 Å². The Labute approximate surface area is 157 Å². The van der Waals surface area contributed by atoms with E-state index in [-0.39, 0.29) is 24.0 Å². The number of aliphatic imine (C=N–C) groups is 1. The number of rotatable bonds is 5. The minimum Gasteiger partial charge on any atom is -0.381 e. The van der Waals surface area contributed by atoms with Crippen LogP contribution in [0, 0.1) is 5.92 Å². The smallest absolute Gasteiger partial charge is 0.193 e. The van der Waals surface area contributed by atoms with Crippen molar-refractivity contribution in [2.24, 2.45) is 10.9 Å². The van der Waals surface area contributed by atoms with Gasteiger partial charge in [-0.15, -0.1) is 24.0 Å². The van der Waals surface area contributed by atoms with Gasteiger partial charge in [-0.3, -0.25) is 9.89 Å². The highest BCUT2D eigenvalue weighted by Gasteiger charge is 2.24. The lowest BCUT2D eigenvalue weighted by atomic mass is 10.1. The molecule has 1 atom stereocenters. The first-order valence-corrected chi connectivity index (χ1v) is 8.83. The number of hydrogen-bond acceptors (Lipinski definition) is 4. The molecule has 0 saturated carbocycles. The van der Waals surface area contributed by atoms with Crippen LogP contribution in [0.3, 0.4) is 0 Å². The van der Waals surface area contributed by atoms with Crippen LogP contribution in [-0.4, -0.2) is 99.8 Å². The molecule has 3 rings (SSSR count). The molecule has 3 fully saturated rings. The van der Waals surface area contributed by atoms with Gasteiger partial charge in [-0.2, -0.15) is 0 Å². The first kappa shape index (κ1) is 19.2. The van der Waals surface area contributed by atoms with E-state index in [0.29, 0.717) is 0 Å². The molecule has 23 heavy (non-hydrogen) atoms. The predicted octanol–water partition coefficient (Wildman–Crippen LogP) is 0.540. The predicted molar refractivity (Wildman–Crippen MR) is 105 cm³/mol. The number of likely N-dealkylation sites (tertiary alicyclic amines) is 1. The number of hydrogen-bond donors (Lipinski definition) is 1. The summed E-state index contributed by atoms with van der Waals surface area (Å²) in [7, 11) is 1.90. The Balaban J connectivity index is 0.00000192. The summed E-state index contributed by atoms with van der Waals surface area (Å²) in [6.45, 7) is 12.2. The molecule has 3 heterocycles. The van der Waals surface area contributed by atoms with Gasteiger partial charge < -0.3 is 19.9 Å². The van der Waals surface area contributed by atoms with Gasteiger partial charge in [-0.1, -0.05) is 0 Å². The standard InChI is InChI=1S/C16H31N5O.HI/c1-17-16(18-4-7-19-5-2-6-19)21-10-8-20(9-11-21)13-15-3-12-22-14-15;/h15H,2-14H2,1H3,(H,17,18);1H. The first-order valence-electron chi connectivity index (χ1n) is 8.83. The van der Waals surface area contributed by atoms with Crippen LogP contribution in [0.15, 0.2) is 4.99 Å². The second-order valence-corrected chi connectivity index (χ2v) is 6.69. The van der Waals surface area contributed by atoms with Crippen LogP contribution in [0.2, 0.25) is 0 Å². The van der Waals surface area contributed by atoms with Gasteiger partial charge in [0, 0.05) is 59.5 Å². The van der Waals surface area contributed by atoms with Crippen LogP contribution in [0.1, 0.15) is 12.8 Å². The molecule has 1 N–H and O–H groups in total. The van der Waals surface area contributed by atoms with Gasteiger partial charge in [-0.05, 0) is 31.8 Å². The van der Waals surface area contributed by atoms with E-state index in [4.69, 9.17) is 4.74 Å². The number of ether oxygens (including phenoxy) is 1. The second-order valence-electron chi connectivity index (χ2n) is 6.69. The minimum atomic E-state index is 0. The molecular weight excluding hydrogens is 405 g/mol. The van der Waals surface area contributed by atoms with Gasteiger partial charge in [-0.25, -0.2) is 0 Å². The van der Waals surface area contributed by atoms with E-state index in [1.54, 1.807) is 0 Å². The van der Waals surface area contributed by atoms with Crippen LogP contribution in [0.5, 0.6) is 0 Å². The Morgan fingerprint density at radius 3 is 2.48 bits per heavy atom. The van der Waals surface area contributed by atoms with Crippen LogP contribution >= 0.6 is 24.0 Å². The molecule has 134 valence electrons. The van der Waals surface area contributed by atoms with Crippen LogP contribution in [-0.2, 0) is 4.74 Å². The lowest BCUT2D eigenvalue weighted by molar-refractivity contribution is 0.138. The summed E-state index contributed by atoms with van der Waals surface area (Å²) in [6, 6.07) is 0. The van der Waals surface area contributed by atoms with E-state index in [1.807, 2.05) is 7.05 Å². The summed E-state index contributed by atoms with van der Waals surface area (Å²) in [5.41, 5.74) is 0. The Bertz CT molecular complexity index is 363. The summed E-state index contributed by atoms with van der Waals surface area (Å²) in [6.07, 6.45) is 2.60. The monoisotopic (exact) mass is 437 g/mol. The summed E-state index contributed by atoms with van der Waals surface area (Å²) in [5, 5.41) is 3.52. The third-order valence-corrected chi connectivity index (χ3v) is 5.08. The SMILES string of the molecule is CN=C(NCCN1CCC1)N1CCN(CC2CCOC2)CC1.I. The van der Waals surface area contributed by atoms with Crippen molar-refractivity contribution < 1.29 is 4.74 Å². The third-order valence-electron chi connectivity index (χ3n) is 5.08. The molecule has 7 heteroatoms. The van der Waals surface area contributed by atoms with Crippen molar-refractivity contribution in [2.45, 2.75) is 12.8 Å². The number of nitrogens with one attached hydrogen (secondary N) is 1. The first-order chi connectivity index (χ1) is 10.8. The zero-order chi connectivity index (χ0) is 15.2. The van der Waals surface area contributed by atoms with Gasteiger partial charge in [0.25, 0.3) is 0 Å². The van der Waals surface area contributed by atoms with Gasteiger partial charge in [0.15, 0.2) is 5.96 Å². The molecule has 0 amide bonds.